The molecule has 0 saturated carbocycles. The quantitative estimate of drug-likeness (QED) is 0.866. The van der Waals surface area contributed by atoms with Crippen molar-refractivity contribution in [2.45, 2.75) is 6.92 Å². The molecule has 2 amide bonds. The van der Waals surface area contributed by atoms with Crippen LogP contribution >= 0.6 is 0 Å². The maximum atomic E-state index is 13.3. The Morgan fingerprint density at radius 3 is 2.44 bits per heavy atom. The van der Waals surface area contributed by atoms with Crippen LogP contribution in [0.3, 0.4) is 0 Å². The number of anilines is 1. The van der Waals surface area contributed by atoms with Gasteiger partial charge in [-0.2, -0.15) is 5.10 Å². The van der Waals surface area contributed by atoms with Crippen molar-refractivity contribution in [2.24, 2.45) is 13.0 Å². The minimum Gasteiger partial charge on any atom is -0.481 e. The van der Waals surface area contributed by atoms with E-state index in [9.17, 15) is 18.4 Å². The lowest BCUT2D eigenvalue weighted by Crippen LogP contribution is -2.37. The molecule has 2 rings (SSSR count). The van der Waals surface area contributed by atoms with Gasteiger partial charge in [0.2, 0.25) is 0 Å². The third kappa shape index (κ3) is 4.52. The van der Waals surface area contributed by atoms with Gasteiger partial charge >= 0.3 is 12.0 Å². The Labute approximate surface area is 142 Å². The van der Waals surface area contributed by atoms with Crippen molar-refractivity contribution < 1.29 is 23.5 Å². The molecule has 0 aliphatic rings. The minimum absolute atomic E-state index is 0.0288. The summed E-state index contributed by atoms with van der Waals surface area (Å²) in [4.78, 5) is 24.2. The van der Waals surface area contributed by atoms with E-state index in [0.717, 1.165) is 18.2 Å². The second kappa shape index (κ2) is 7.29. The second-order valence-corrected chi connectivity index (χ2v) is 5.75. The molecule has 0 bridgehead atoms. The van der Waals surface area contributed by atoms with Gasteiger partial charge in [-0.05, 0) is 12.1 Å². The Morgan fingerprint density at radius 1 is 1.28 bits per heavy atom. The Bertz CT molecular complexity index is 786. The van der Waals surface area contributed by atoms with Crippen LogP contribution in [-0.4, -0.2) is 45.4 Å². The Balaban J connectivity index is 2.14. The van der Waals surface area contributed by atoms with Gasteiger partial charge < -0.3 is 10.0 Å². The Morgan fingerprint density at radius 2 is 1.88 bits per heavy atom. The van der Waals surface area contributed by atoms with Gasteiger partial charge in [0.15, 0.2) is 0 Å². The molecule has 0 aliphatic heterocycles. The number of carbonyl (C=O) groups is 2. The maximum Gasteiger partial charge on any atom is 0.322 e. The number of aliphatic carboxylic acids is 1. The maximum absolute atomic E-state index is 13.3. The molecular formula is C16H18F2N4O3. The summed E-state index contributed by atoms with van der Waals surface area (Å²) in [5.74, 6) is -2.87. The molecule has 134 valence electrons. The van der Waals surface area contributed by atoms with Gasteiger partial charge in [-0.1, -0.05) is 6.92 Å². The summed E-state index contributed by atoms with van der Waals surface area (Å²) in [7, 11) is 3.03. The van der Waals surface area contributed by atoms with Crippen molar-refractivity contribution in [3.05, 3.63) is 35.9 Å². The molecule has 25 heavy (non-hydrogen) atoms. The van der Waals surface area contributed by atoms with E-state index in [1.54, 1.807) is 7.05 Å². The first-order valence-corrected chi connectivity index (χ1v) is 7.42. The summed E-state index contributed by atoms with van der Waals surface area (Å²) < 4.78 is 28.0. The number of carboxylic acid groups (broad SMARTS) is 1. The van der Waals surface area contributed by atoms with Crippen molar-refractivity contribution in [3.8, 4) is 11.3 Å². The highest BCUT2D eigenvalue weighted by molar-refractivity contribution is 5.89. The summed E-state index contributed by atoms with van der Waals surface area (Å²) in [5.41, 5.74) is 0.527. The fraction of sp³-hybridized carbons (Fsp3) is 0.312. The number of carbonyl (C=O) groups excluding carboxylic acids is 1. The number of aryl methyl sites for hydroxylation is 1. The van der Waals surface area contributed by atoms with Gasteiger partial charge in [-0.25, -0.2) is 13.6 Å². The average molecular weight is 352 g/mol. The summed E-state index contributed by atoms with van der Waals surface area (Å²) in [6.45, 7) is 1.52. The molecule has 0 aliphatic carbocycles. The molecule has 1 heterocycles. The van der Waals surface area contributed by atoms with Gasteiger partial charge in [0, 0.05) is 38.3 Å². The molecule has 1 aromatic heterocycles. The summed E-state index contributed by atoms with van der Waals surface area (Å²) in [6, 6.07) is 3.98. The Kier molecular flexibility index (Phi) is 5.35. The number of carboxylic acids is 1. The van der Waals surface area contributed by atoms with Crippen LogP contribution in [0.5, 0.6) is 0 Å². The molecule has 0 spiro atoms. The van der Waals surface area contributed by atoms with E-state index in [4.69, 9.17) is 5.11 Å². The lowest BCUT2D eigenvalue weighted by Gasteiger charge is -2.19. The average Bonchev–Trinajstić information content (AvgIpc) is 2.87. The standard InChI is InChI=1S/C16H18F2N4O3/c1-9(15(23)24)8-21(2)16(25)19-14-7-13(20-22(14)3)10-4-11(17)6-12(18)5-10/h4-7,9H,8H2,1-3H3,(H,19,25)(H,23,24). The third-order valence-electron chi connectivity index (χ3n) is 3.59. The van der Waals surface area contributed by atoms with Gasteiger partial charge in [-0.15, -0.1) is 0 Å². The van der Waals surface area contributed by atoms with Crippen molar-refractivity contribution in [1.29, 1.82) is 0 Å². The van der Waals surface area contributed by atoms with E-state index < -0.39 is 29.6 Å². The molecule has 7 nitrogen and oxygen atoms in total. The highest BCUT2D eigenvalue weighted by atomic mass is 19.1. The summed E-state index contributed by atoms with van der Waals surface area (Å²) >= 11 is 0. The zero-order valence-electron chi connectivity index (χ0n) is 14.0. The highest BCUT2D eigenvalue weighted by Crippen LogP contribution is 2.23. The topological polar surface area (TPSA) is 87.5 Å². The smallest absolute Gasteiger partial charge is 0.322 e. The minimum atomic E-state index is -1.00. The Hall–Kier alpha value is -2.97. The number of rotatable bonds is 5. The number of aromatic nitrogens is 2. The number of urea groups is 1. The molecule has 0 saturated heterocycles. The lowest BCUT2D eigenvalue weighted by atomic mass is 10.1. The van der Waals surface area contributed by atoms with Crippen LogP contribution in [0, 0.1) is 17.6 Å². The molecule has 0 radical (unpaired) electrons. The fourth-order valence-electron chi connectivity index (χ4n) is 2.20. The SMILES string of the molecule is CC(CN(C)C(=O)Nc1cc(-c2cc(F)cc(F)c2)nn1C)C(=O)O. The number of halogens is 2. The van der Waals surface area contributed by atoms with Gasteiger partial charge in [0.25, 0.3) is 0 Å². The van der Waals surface area contributed by atoms with Crippen LogP contribution in [-0.2, 0) is 11.8 Å². The summed E-state index contributed by atoms with van der Waals surface area (Å²) in [6.07, 6.45) is 0. The van der Waals surface area contributed by atoms with E-state index in [1.807, 2.05) is 0 Å². The van der Waals surface area contributed by atoms with E-state index >= 15 is 0 Å². The van der Waals surface area contributed by atoms with Crippen LogP contribution in [0.4, 0.5) is 19.4 Å². The lowest BCUT2D eigenvalue weighted by molar-refractivity contribution is -0.141. The largest absolute Gasteiger partial charge is 0.481 e. The highest BCUT2D eigenvalue weighted by Gasteiger charge is 2.19. The van der Waals surface area contributed by atoms with Crippen LogP contribution < -0.4 is 5.32 Å². The van der Waals surface area contributed by atoms with E-state index in [2.05, 4.69) is 10.4 Å². The number of hydrogen-bond acceptors (Lipinski definition) is 3. The predicted molar refractivity (Wildman–Crippen MR) is 87.0 cm³/mol. The molecule has 1 aromatic carbocycles. The van der Waals surface area contributed by atoms with E-state index in [0.29, 0.717) is 5.82 Å². The van der Waals surface area contributed by atoms with Crippen molar-refractivity contribution in [3.63, 3.8) is 0 Å². The number of benzene rings is 1. The fourth-order valence-corrected chi connectivity index (χ4v) is 2.20. The predicted octanol–water partition coefficient (Wildman–Crippen LogP) is 2.55. The molecule has 2 N–H and O–H groups in total. The molecule has 2 aromatic rings. The second-order valence-electron chi connectivity index (χ2n) is 5.75. The number of nitrogens with zero attached hydrogens (tertiary/aromatic N) is 3. The first kappa shape index (κ1) is 18.4. The molecule has 1 unspecified atom stereocenters. The van der Waals surface area contributed by atoms with E-state index in [1.165, 1.54) is 29.6 Å². The zero-order valence-corrected chi connectivity index (χ0v) is 14.0. The monoisotopic (exact) mass is 352 g/mol. The molecule has 0 fully saturated rings. The van der Waals surface area contributed by atoms with E-state index in [-0.39, 0.29) is 17.8 Å². The number of nitrogens with one attached hydrogen (secondary N) is 1. The van der Waals surface area contributed by atoms with Gasteiger partial charge in [-0.3, -0.25) is 14.8 Å². The van der Waals surface area contributed by atoms with Crippen LogP contribution in [0.25, 0.3) is 11.3 Å². The normalized spacial score (nSPS) is 11.9. The first-order chi connectivity index (χ1) is 11.7. The van der Waals surface area contributed by atoms with Crippen LogP contribution in [0.2, 0.25) is 0 Å². The van der Waals surface area contributed by atoms with Crippen LogP contribution in [0.1, 0.15) is 6.92 Å². The summed E-state index contributed by atoms with van der Waals surface area (Å²) in [5, 5.41) is 15.6. The van der Waals surface area contributed by atoms with Gasteiger partial charge in [0.05, 0.1) is 11.6 Å². The number of hydrogen-bond donors (Lipinski definition) is 2. The third-order valence-corrected chi connectivity index (χ3v) is 3.59. The molecular weight excluding hydrogens is 334 g/mol. The van der Waals surface area contributed by atoms with Crippen molar-refractivity contribution >= 4 is 17.8 Å². The zero-order chi connectivity index (χ0) is 18.7. The van der Waals surface area contributed by atoms with Gasteiger partial charge in [0.1, 0.15) is 17.5 Å². The number of amides is 2. The van der Waals surface area contributed by atoms with Crippen molar-refractivity contribution in [1.82, 2.24) is 14.7 Å². The van der Waals surface area contributed by atoms with Crippen molar-refractivity contribution in [2.75, 3.05) is 18.9 Å². The first-order valence-electron chi connectivity index (χ1n) is 7.42. The van der Waals surface area contributed by atoms with Crippen LogP contribution in [0.15, 0.2) is 24.3 Å². The molecule has 9 heteroatoms. The molecule has 1 atom stereocenters.